The van der Waals surface area contributed by atoms with Crippen LogP contribution in [0.4, 0.5) is 0 Å². The fraction of sp³-hybridized carbons (Fsp3) is 0.250. The van der Waals surface area contributed by atoms with E-state index in [2.05, 4.69) is 53.2 Å². The highest BCUT2D eigenvalue weighted by atomic mass is 35.5. The predicted octanol–water partition coefficient (Wildman–Crippen LogP) is 8.90. The van der Waals surface area contributed by atoms with Crippen LogP contribution < -0.4 is 14.2 Å². The number of amides is 1. The second-order valence-corrected chi connectivity index (χ2v) is 13.7. The van der Waals surface area contributed by atoms with Gasteiger partial charge in [-0.2, -0.15) is 0 Å². The third-order valence-electron chi connectivity index (χ3n) is 9.15. The minimum atomic E-state index is -0.0194. The van der Waals surface area contributed by atoms with Gasteiger partial charge >= 0.3 is 0 Å². The molecule has 6 rings (SSSR count). The summed E-state index contributed by atoms with van der Waals surface area (Å²) in [4.78, 5) is 33.2. The van der Waals surface area contributed by atoms with Gasteiger partial charge in [-0.15, -0.1) is 0 Å². The number of halogens is 1. The van der Waals surface area contributed by atoms with Crippen LogP contribution in [0.1, 0.15) is 50.7 Å². The predicted molar refractivity (Wildman–Crippen MR) is 209 cm³/mol. The third-order valence-corrected chi connectivity index (χ3v) is 9.43. The summed E-state index contributed by atoms with van der Waals surface area (Å²) < 4.78 is 17.7. The summed E-state index contributed by atoms with van der Waals surface area (Å²) in [6, 6.07) is 31.4. The van der Waals surface area contributed by atoms with E-state index < -0.39 is 0 Å². The maximum Gasteiger partial charge on any atom is 0.246 e. The largest absolute Gasteiger partial charge is 0.493 e. The lowest BCUT2D eigenvalue weighted by atomic mass is 10.1. The maximum absolute atomic E-state index is 13.1. The van der Waals surface area contributed by atoms with Crippen LogP contribution >= 0.6 is 11.6 Å². The van der Waals surface area contributed by atoms with Gasteiger partial charge in [0.1, 0.15) is 18.1 Å². The molecule has 1 fully saturated rings. The van der Waals surface area contributed by atoms with Crippen LogP contribution in [0.3, 0.4) is 0 Å². The molecule has 0 atom stereocenters. The monoisotopic (exact) mass is 729 g/mol. The van der Waals surface area contributed by atoms with Crippen LogP contribution in [-0.4, -0.2) is 59.3 Å². The number of aromatic nitrogens is 1. The summed E-state index contributed by atoms with van der Waals surface area (Å²) >= 11 is 6.63. The second kappa shape index (κ2) is 17.9. The molecule has 272 valence electrons. The van der Waals surface area contributed by atoms with E-state index >= 15 is 0 Å². The van der Waals surface area contributed by atoms with Crippen molar-refractivity contribution in [2.24, 2.45) is 0 Å². The second-order valence-electron chi connectivity index (χ2n) is 13.3. The molecule has 9 heteroatoms. The molecular formula is C44H44ClN3O5. The van der Waals surface area contributed by atoms with Crippen molar-refractivity contribution in [2.75, 3.05) is 32.8 Å². The van der Waals surface area contributed by atoms with Gasteiger partial charge in [-0.25, -0.2) is 4.98 Å². The highest BCUT2D eigenvalue weighted by Crippen LogP contribution is 2.34. The molecule has 0 bridgehead atoms. The van der Waals surface area contributed by atoms with Crippen molar-refractivity contribution < 1.29 is 23.8 Å². The van der Waals surface area contributed by atoms with Crippen LogP contribution in [0.2, 0.25) is 5.02 Å². The summed E-state index contributed by atoms with van der Waals surface area (Å²) in [7, 11) is 0. The average molecular weight is 730 g/mol. The molecule has 1 aliphatic heterocycles. The number of aryl methyl sites for hydroxylation is 2. The van der Waals surface area contributed by atoms with Crippen molar-refractivity contribution in [2.45, 2.75) is 40.3 Å². The molecule has 0 unspecified atom stereocenters. The van der Waals surface area contributed by atoms with Crippen molar-refractivity contribution in [1.82, 2.24) is 14.8 Å². The Kier molecular flexibility index (Phi) is 12.6. The van der Waals surface area contributed by atoms with Gasteiger partial charge < -0.3 is 19.1 Å². The molecule has 4 aromatic carbocycles. The standard InChI is InChI=1S/C44H44ClN3O5/c1-31-4-6-36(7-5-31)30-52-40-17-18-42(46-28-40)53-44-32(2)26-37(27-41(44)45)12-19-43(50)48-23-21-47(22-24-48)29-35-10-8-34(9-11-35)20-25-51-39-15-13-38(14-16-39)33(3)49/h4-19,26-28H,20-25,29-30H2,1-3H3. The summed E-state index contributed by atoms with van der Waals surface area (Å²) in [5.74, 6) is 2.36. The van der Waals surface area contributed by atoms with Crippen LogP contribution in [0.5, 0.6) is 23.1 Å². The van der Waals surface area contributed by atoms with Gasteiger partial charge in [0.05, 0.1) is 17.8 Å². The molecule has 0 spiro atoms. The number of carbonyl (C=O) groups excluding carboxylic acids is 2. The molecule has 0 radical (unpaired) electrons. The van der Waals surface area contributed by atoms with Crippen LogP contribution in [0.25, 0.3) is 6.08 Å². The van der Waals surface area contributed by atoms with E-state index in [0.29, 0.717) is 54.3 Å². The Balaban J connectivity index is 0.923. The number of pyridine rings is 1. The molecule has 8 nitrogen and oxygen atoms in total. The van der Waals surface area contributed by atoms with Crippen LogP contribution in [0.15, 0.2) is 109 Å². The first-order valence-electron chi connectivity index (χ1n) is 17.8. The van der Waals surface area contributed by atoms with Crippen molar-refractivity contribution in [3.05, 3.63) is 153 Å². The first-order valence-corrected chi connectivity index (χ1v) is 18.2. The van der Waals surface area contributed by atoms with Crippen molar-refractivity contribution >= 4 is 29.4 Å². The lowest BCUT2D eigenvalue weighted by Gasteiger charge is -2.34. The summed E-state index contributed by atoms with van der Waals surface area (Å²) in [6.45, 7) is 10.3. The van der Waals surface area contributed by atoms with Gasteiger partial charge in [0.25, 0.3) is 0 Å². The van der Waals surface area contributed by atoms with E-state index in [1.807, 2.05) is 48.2 Å². The Bertz CT molecular complexity index is 2000. The molecule has 1 aliphatic rings. The molecule has 1 amide bonds. The van der Waals surface area contributed by atoms with Gasteiger partial charge in [-0.1, -0.05) is 65.7 Å². The number of benzene rings is 4. The molecule has 0 N–H and O–H groups in total. The Hall–Kier alpha value is -5.44. The summed E-state index contributed by atoms with van der Waals surface area (Å²) in [5, 5.41) is 0.436. The topological polar surface area (TPSA) is 81.2 Å². The smallest absolute Gasteiger partial charge is 0.246 e. The number of carbonyl (C=O) groups is 2. The average Bonchev–Trinajstić information content (AvgIpc) is 3.17. The highest BCUT2D eigenvalue weighted by Gasteiger charge is 2.20. The SMILES string of the molecule is CC(=O)c1ccc(OCCc2ccc(CN3CCN(C(=O)C=Cc4cc(C)c(Oc5ccc(OCc6ccc(C)cc6)cn5)c(Cl)c4)CC3)cc2)cc1. The molecular weight excluding hydrogens is 686 g/mol. The fourth-order valence-corrected chi connectivity index (χ4v) is 6.31. The van der Waals surface area contributed by atoms with E-state index in [1.54, 1.807) is 49.5 Å². The fourth-order valence-electron chi connectivity index (χ4n) is 5.99. The first-order chi connectivity index (χ1) is 25.7. The molecule has 1 aromatic heterocycles. The van der Waals surface area contributed by atoms with E-state index in [0.717, 1.165) is 48.5 Å². The van der Waals surface area contributed by atoms with E-state index in [1.165, 1.54) is 16.7 Å². The number of nitrogens with zero attached hydrogens (tertiary/aromatic N) is 3. The summed E-state index contributed by atoms with van der Waals surface area (Å²) in [6.07, 6.45) is 5.84. The Labute approximate surface area is 316 Å². The number of ketones is 1. The van der Waals surface area contributed by atoms with Crippen molar-refractivity contribution in [1.29, 1.82) is 0 Å². The zero-order chi connectivity index (χ0) is 37.2. The molecule has 0 saturated carbocycles. The van der Waals surface area contributed by atoms with Gasteiger partial charge in [0.2, 0.25) is 11.8 Å². The quantitative estimate of drug-likeness (QED) is 0.0834. The zero-order valence-corrected chi connectivity index (χ0v) is 31.1. The van der Waals surface area contributed by atoms with Crippen LogP contribution in [-0.2, 0) is 24.4 Å². The lowest BCUT2D eigenvalue weighted by Crippen LogP contribution is -2.47. The lowest BCUT2D eigenvalue weighted by molar-refractivity contribution is -0.127. The number of hydrogen-bond acceptors (Lipinski definition) is 7. The molecule has 53 heavy (non-hydrogen) atoms. The number of hydrogen-bond donors (Lipinski definition) is 0. The summed E-state index contributed by atoms with van der Waals surface area (Å²) in [5.41, 5.74) is 7.07. The number of rotatable bonds is 14. The van der Waals surface area contributed by atoms with E-state index in [-0.39, 0.29) is 11.7 Å². The van der Waals surface area contributed by atoms with Gasteiger partial charge in [0.15, 0.2) is 11.5 Å². The Morgan fingerprint density at radius 3 is 2.13 bits per heavy atom. The molecule has 0 aliphatic carbocycles. The number of Topliss-reactive ketones (excluding diaryl/α,β-unsaturated/α-hetero) is 1. The van der Waals surface area contributed by atoms with Gasteiger partial charge in [-0.05, 0) is 97.1 Å². The maximum atomic E-state index is 13.1. The highest BCUT2D eigenvalue weighted by molar-refractivity contribution is 6.32. The molecule has 1 saturated heterocycles. The number of piperazine rings is 1. The minimum absolute atomic E-state index is 0.0194. The van der Waals surface area contributed by atoms with Gasteiger partial charge in [-0.3, -0.25) is 14.5 Å². The van der Waals surface area contributed by atoms with Crippen molar-refractivity contribution in [3.8, 4) is 23.1 Å². The zero-order valence-electron chi connectivity index (χ0n) is 30.4. The van der Waals surface area contributed by atoms with Crippen LogP contribution in [0, 0.1) is 13.8 Å². The van der Waals surface area contributed by atoms with Crippen molar-refractivity contribution in [3.63, 3.8) is 0 Å². The molecule has 5 aromatic rings. The Morgan fingerprint density at radius 1 is 0.792 bits per heavy atom. The first kappa shape index (κ1) is 37.3. The third kappa shape index (κ3) is 10.8. The Morgan fingerprint density at radius 2 is 1.47 bits per heavy atom. The minimum Gasteiger partial charge on any atom is -0.493 e. The molecule has 2 heterocycles. The van der Waals surface area contributed by atoms with Gasteiger partial charge in [0, 0.05) is 56.9 Å². The normalized spacial score (nSPS) is 13.2. The van der Waals surface area contributed by atoms with E-state index in [4.69, 9.17) is 25.8 Å². The van der Waals surface area contributed by atoms with E-state index in [9.17, 15) is 9.59 Å². The number of ether oxygens (including phenoxy) is 3.